The molecule has 5 heteroatoms. The van der Waals surface area contributed by atoms with E-state index in [9.17, 15) is 9.59 Å². The molecule has 0 spiro atoms. The smallest absolute Gasteiger partial charge is 0.390 e. The molecule has 0 unspecified atom stereocenters. The molecule has 0 heterocycles. The first kappa shape index (κ1) is 13.6. The van der Waals surface area contributed by atoms with Crippen molar-refractivity contribution in [3.8, 4) is 5.75 Å². The van der Waals surface area contributed by atoms with Crippen molar-refractivity contribution in [1.82, 2.24) is 0 Å². The minimum atomic E-state index is -0.799. The number of carbonyl (C=O) groups is 2. The summed E-state index contributed by atoms with van der Waals surface area (Å²) >= 11 is 0. The van der Waals surface area contributed by atoms with Crippen molar-refractivity contribution in [2.24, 2.45) is 0 Å². The van der Waals surface area contributed by atoms with E-state index < -0.39 is 11.9 Å². The highest BCUT2D eigenvalue weighted by Crippen LogP contribution is 2.18. The maximum absolute atomic E-state index is 11.8. The first-order valence-electron chi connectivity index (χ1n) is 5.83. The summed E-state index contributed by atoms with van der Waals surface area (Å²) in [6.07, 6.45) is 0. The molecule has 0 aromatic heterocycles. The summed E-state index contributed by atoms with van der Waals surface area (Å²) in [5.74, 6) is -1.20. The van der Waals surface area contributed by atoms with Crippen LogP contribution >= 0.6 is 0 Å². The van der Waals surface area contributed by atoms with Gasteiger partial charge in [0, 0.05) is 0 Å². The van der Waals surface area contributed by atoms with Crippen LogP contribution in [0.3, 0.4) is 0 Å². The Morgan fingerprint density at radius 2 is 1.40 bits per heavy atom. The maximum Gasteiger partial charge on any atom is 0.390 e. The molecule has 0 bridgehead atoms. The molecule has 0 saturated heterocycles. The fourth-order valence-corrected chi connectivity index (χ4v) is 1.56. The van der Waals surface area contributed by atoms with Gasteiger partial charge in [-0.2, -0.15) is 0 Å². The highest BCUT2D eigenvalue weighted by molar-refractivity contribution is 5.94. The van der Waals surface area contributed by atoms with Crippen LogP contribution in [0.4, 0.5) is 0 Å². The van der Waals surface area contributed by atoms with E-state index in [1.807, 2.05) is 0 Å². The summed E-state index contributed by atoms with van der Waals surface area (Å²) in [7, 11) is 1.43. The second kappa shape index (κ2) is 6.38. The van der Waals surface area contributed by atoms with Crippen molar-refractivity contribution in [2.75, 3.05) is 7.11 Å². The SMILES string of the molecule is COc1ccccc1C(=O)OOC(=O)c1ccccc1. The second-order valence-corrected chi connectivity index (χ2v) is 3.81. The maximum atomic E-state index is 11.8. The third kappa shape index (κ3) is 3.14. The van der Waals surface area contributed by atoms with Gasteiger partial charge < -0.3 is 4.74 Å². The second-order valence-electron chi connectivity index (χ2n) is 3.81. The van der Waals surface area contributed by atoms with E-state index in [1.165, 1.54) is 13.2 Å². The van der Waals surface area contributed by atoms with Crippen molar-refractivity contribution >= 4 is 11.9 Å². The highest BCUT2D eigenvalue weighted by Gasteiger charge is 2.17. The van der Waals surface area contributed by atoms with Crippen LogP contribution in [0.25, 0.3) is 0 Å². The zero-order valence-corrected chi connectivity index (χ0v) is 10.7. The zero-order chi connectivity index (χ0) is 14.4. The predicted octanol–water partition coefficient (Wildman–Crippen LogP) is 2.62. The van der Waals surface area contributed by atoms with Crippen LogP contribution < -0.4 is 4.74 Å². The predicted molar refractivity (Wildman–Crippen MR) is 70.3 cm³/mol. The third-order valence-corrected chi connectivity index (χ3v) is 2.53. The summed E-state index contributed by atoms with van der Waals surface area (Å²) in [5, 5.41) is 0. The average molecular weight is 272 g/mol. The Morgan fingerprint density at radius 3 is 2.10 bits per heavy atom. The van der Waals surface area contributed by atoms with Crippen LogP contribution in [0.5, 0.6) is 5.75 Å². The molecule has 0 saturated carbocycles. The van der Waals surface area contributed by atoms with Crippen molar-refractivity contribution in [3.63, 3.8) is 0 Å². The number of methoxy groups -OCH3 is 1. The summed E-state index contributed by atoms with van der Waals surface area (Å²) in [6.45, 7) is 0. The molecule has 0 aliphatic rings. The van der Waals surface area contributed by atoms with Crippen LogP contribution in [-0.4, -0.2) is 19.0 Å². The van der Waals surface area contributed by atoms with E-state index in [0.29, 0.717) is 11.3 Å². The van der Waals surface area contributed by atoms with Gasteiger partial charge in [0.25, 0.3) is 0 Å². The lowest BCUT2D eigenvalue weighted by molar-refractivity contribution is -0.187. The molecule has 0 fully saturated rings. The minimum absolute atomic E-state index is 0.177. The molecule has 0 amide bonds. The van der Waals surface area contributed by atoms with E-state index in [4.69, 9.17) is 4.74 Å². The zero-order valence-electron chi connectivity index (χ0n) is 10.7. The molecule has 2 aromatic rings. The van der Waals surface area contributed by atoms with Gasteiger partial charge in [0.1, 0.15) is 11.3 Å². The largest absolute Gasteiger partial charge is 0.496 e. The Kier molecular flexibility index (Phi) is 4.34. The van der Waals surface area contributed by atoms with Gasteiger partial charge >= 0.3 is 11.9 Å². The molecule has 0 aliphatic carbocycles. The van der Waals surface area contributed by atoms with Crippen LogP contribution in [0.15, 0.2) is 54.6 Å². The van der Waals surface area contributed by atoms with Gasteiger partial charge in [0.2, 0.25) is 0 Å². The molecule has 0 aliphatic heterocycles. The van der Waals surface area contributed by atoms with Gasteiger partial charge in [0.05, 0.1) is 12.7 Å². The topological polar surface area (TPSA) is 61.8 Å². The van der Waals surface area contributed by atoms with Crippen molar-refractivity contribution < 1.29 is 24.1 Å². The minimum Gasteiger partial charge on any atom is -0.496 e. The molecule has 5 nitrogen and oxygen atoms in total. The monoisotopic (exact) mass is 272 g/mol. The fraction of sp³-hybridized carbons (Fsp3) is 0.0667. The number of hydrogen-bond donors (Lipinski definition) is 0. The molecule has 2 aromatic carbocycles. The standard InChI is InChI=1S/C15H12O5/c1-18-13-10-6-5-9-12(13)15(17)20-19-14(16)11-7-3-2-4-8-11/h2-10H,1H3. The van der Waals surface area contributed by atoms with Gasteiger partial charge in [-0.1, -0.05) is 30.3 Å². The van der Waals surface area contributed by atoms with Crippen LogP contribution in [-0.2, 0) is 9.78 Å². The first-order valence-corrected chi connectivity index (χ1v) is 5.83. The van der Waals surface area contributed by atoms with Crippen molar-refractivity contribution in [1.29, 1.82) is 0 Å². The number of hydrogen-bond acceptors (Lipinski definition) is 5. The van der Waals surface area contributed by atoms with E-state index in [0.717, 1.165) is 0 Å². The molecule has 0 radical (unpaired) electrons. The number of carbonyl (C=O) groups excluding carboxylic acids is 2. The van der Waals surface area contributed by atoms with E-state index in [-0.39, 0.29) is 5.56 Å². The van der Waals surface area contributed by atoms with Gasteiger partial charge in [-0.15, -0.1) is 0 Å². The summed E-state index contributed by atoms with van der Waals surface area (Å²) in [4.78, 5) is 32.4. The van der Waals surface area contributed by atoms with E-state index in [2.05, 4.69) is 9.78 Å². The van der Waals surface area contributed by atoms with Gasteiger partial charge in [-0.05, 0) is 24.3 Å². The number of benzene rings is 2. The number of ether oxygens (including phenoxy) is 1. The van der Waals surface area contributed by atoms with Gasteiger partial charge in [-0.25, -0.2) is 19.4 Å². The summed E-state index contributed by atoms with van der Waals surface area (Å²) in [6, 6.07) is 14.7. The average Bonchev–Trinajstić information content (AvgIpc) is 2.53. The molecule has 102 valence electrons. The number of para-hydroxylation sites is 1. The Hall–Kier alpha value is -2.82. The van der Waals surface area contributed by atoms with Gasteiger partial charge in [-0.3, -0.25) is 0 Å². The Balaban J connectivity index is 2.01. The Bertz CT molecular complexity index is 607. The first-order chi connectivity index (χ1) is 9.72. The normalized spacial score (nSPS) is 9.65. The summed E-state index contributed by atoms with van der Waals surface area (Å²) < 4.78 is 5.02. The lowest BCUT2D eigenvalue weighted by atomic mass is 10.2. The molecule has 2 rings (SSSR count). The highest BCUT2D eigenvalue weighted by atomic mass is 17.2. The van der Waals surface area contributed by atoms with Crippen LogP contribution in [0, 0.1) is 0 Å². The van der Waals surface area contributed by atoms with Crippen molar-refractivity contribution in [2.45, 2.75) is 0 Å². The Labute approximate surface area is 115 Å². The quantitative estimate of drug-likeness (QED) is 0.635. The lowest BCUT2D eigenvalue weighted by Crippen LogP contribution is -2.12. The fourth-order valence-electron chi connectivity index (χ4n) is 1.56. The van der Waals surface area contributed by atoms with Gasteiger partial charge in [0.15, 0.2) is 0 Å². The lowest BCUT2D eigenvalue weighted by Gasteiger charge is -2.06. The molecule has 0 N–H and O–H groups in total. The third-order valence-electron chi connectivity index (χ3n) is 2.53. The van der Waals surface area contributed by atoms with E-state index >= 15 is 0 Å². The van der Waals surface area contributed by atoms with Crippen LogP contribution in [0.1, 0.15) is 20.7 Å². The van der Waals surface area contributed by atoms with E-state index in [1.54, 1.807) is 48.5 Å². The Morgan fingerprint density at radius 1 is 0.800 bits per heavy atom. The molecule has 0 atom stereocenters. The number of rotatable bonds is 3. The molecular formula is C15H12O5. The van der Waals surface area contributed by atoms with Crippen LogP contribution in [0.2, 0.25) is 0 Å². The molecule has 20 heavy (non-hydrogen) atoms. The van der Waals surface area contributed by atoms with Crippen molar-refractivity contribution in [3.05, 3.63) is 65.7 Å². The summed E-state index contributed by atoms with van der Waals surface area (Å²) in [5.41, 5.74) is 0.469. The molecular weight excluding hydrogens is 260 g/mol.